The van der Waals surface area contributed by atoms with Gasteiger partial charge in [-0.25, -0.2) is 0 Å². The molecule has 1 amide bonds. The van der Waals surface area contributed by atoms with Crippen LogP contribution in [0.4, 0.5) is 17.1 Å². The highest BCUT2D eigenvalue weighted by molar-refractivity contribution is 6.34. The number of halogens is 1. The summed E-state index contributed by atoms with van der Waals surface area (Å²) < 4.78 is 0. The summed E-state index contributed by atoms with van der Waals surface area (Å²) in [5.74, 6) is -0.295. The molecule has 1 N–H and O–H groups in total. The third-order valence-corrected chi connectivity index (χ3v) is 5.56. The summed E-state index contributed by atoms with van der Waals surface area (Å²) >= 11 is 6.26. The number of nitrogens with one attached hydrogen (secondary N) is 1. The second-order valence-corrected chi connectivity index (χ2v) is 7.53. The van der Waals surface area contributed by atoms with Crippen molar-refractivity contribution in [2.75, 3.05) is 16.8 Å². The molecule has 1 saturated heterocycles. The maximum absolute atomic E-state index is 12.6. The summed E-state index contributed by atoms with van der Waals surface area (Å²) in [5.41, 5.74) is 2.50. The third kappa shape index (κ3) is 4.28. The highest BCUT2D eigenvalue weighted by atomic mass is 35.5. The van der Waals surface area contributed by atoms with E-state index in [1.54, 1.807) is 18.2 Å². The molecular weight excluding hydrogens is 378 g/mol. The number of hydrogen-bond acceptors (Lipinski definition) is 4. The largest absolute Gasteiger partial charge is 0.363 e. The lowest BCUT2D eigenvalue weighted by atomic mass is 10.0. The topological polar surface area (TPSA) is 75.5 Å². The van der Waals surface area contributed by atoms with Crippen LogP contribution in [0.1, 0.15) is 49.0 Å². The van der Waals surface area contributed by atoms with Gasteiger partial charge in [0.25, 0.3) is 11.6 Å². The molecule has 2 aromatic carbocycles. The highest BCUT2D eigenvalue weighted by Crippen LogP contribution is 2.39. The van der Waals surface area contributed by atoms with Crippen molar-refractivity contribution in [2.24, 2.45) is 0 Å². The van der Waals surface area contributed by atoms with Gasteiger partial charge in [0.05, 0.1) is 15.6 Å². The number of benzene rings is 2. The minimum absolute atomic E-state index is 0.0379. The van der Waals surface area contributed by atoms with E-state index >= 15 is 0 Å². The molecule has 7 heteroatoms. The Bertz CT molecular complexity index is 883. The highest BCUT2D eigenvalue weighted by Gasteiger charge is 2.27. The molecule has 3 rings (SSSR count). The average molecular weight is 402 g/mol. The lowest BCUT2D eigenvalue weighted by molar-refractivity contribution is -0.384. The zero-order valence-electron chi connectivity index (χ0n) is 16.1. The lowest BCUT2D eigenvalue weighted by Crippen LogP contribution is -2.37. The number of nitro groups is 1. The van der Waals surface area contributed by atoms with Gasteiger partial charge in [0.2, 0.25) is 0 Å². The van der Waals surface area contributed by atoms with Crippen molar-refractivity contribution in [2.45, 2.75) is 45.6 Å². The van der Waals surface area contributed by atoms with Crippen LogP contribution in [0.25, 0.3) is 0 Å². The van der Waals surface area contributed by atoms with E-state index < -0.39 is 4.92 Å². The molecule has 1 fully saturated rings. The van der Waals surface area contributed by atoms with Crippen molar-refractivity contribution in [3.8, 4) is 0 Å². The lowest BCUT2D eigenvalue weighted by Gasteiger charge is -2.35. The first-order valence-corrected chi connectivity index (χ1v) is 9.93. The summed E-state index contributed by atoms with van der Waals surface area (Å²) in [4.78, 5) is 25.8. The fourth-order valence-corrected chi connectivity index (χ4v) is 3.77. The number of piperidine rings is 1. The summed E-state index contributed by atoms with van der Waals surface area (Å²) in [7, 11) is 0. The van der Waals surface area contributed by atoms with Crippen molar-refractivity contribution in [1.82, 2.24) is 0 Å². The molecule has 148 valence electrons. The number of nitro benzene ring substituents is 1. The van der Waals surface area contributed by atoms with Crippen LogP contribution in [0, 0.1) is 10.1 Å². The van der Waals surface area contributed by atoms with E-state index in [1.807, 2.05) is 17.0 Å². The van der Waals surface area contributed by atoms with Gasteiger partial charge in [-0.05, 0) is 56.4 Å². The van der Waals surface area contributed by atoms with E-state index in [0.717, 1.165) is 37.8 Å². The first kappa shape index (κ1) is 20.1. The molecule has 1 aliphatic rings. The van der Waals surface area contributed by atoms with Crippen molar-refractivity contribution in [3.63, 3.8) is 0 Å². The van der Waals surface area contributed by atoms with E-state index in [9.17, 15) is 14.9 Å². The molecule has 0 radical (unpaired) electrons. The first-order valence-electron chi connectivity index (χ1n) is 9.55. The molecule has 1 heterocycles. The molecule has 1 atom stereocenters. The zero-order valence-corrected chi connectivity index (χ0v) is 16.8. The Labute approximate surface area is 169 Å². The fraction of sp³-hybridized carbons (Fsp3) is 0.381. The standard InChI is InChI=1S/C21H24ClN3O3/c1-3-15-7-9-16(10-8-15)21(26)23-18-13-19(20(25(27)28)12-17(18)22)24-11-5-4-6-14(24)2/h7-10,12-14H,3-6,11H2,1-2H3,(H,23,26)/t14-/m0/s1. The monoisotopic (exact) mass is 401 g/mol. The van der Waals surface area contributed by atoms with Crippen LogP contribution in [-0.2, 0) is 6.42 Å². The van der Waals surface area contributed by atoms with Gasteiger partial charge in [0, 0.05) is 24.2 Å². The maximum atomic E-state index is 12.6. The number of aryl methyl sites for hydroxylation is 1. The second-order valence-electron chi connectivity index (χ2n) is 7.12. The van der Waals surface area contributed by atoms with Gasteiger partial charge in [-0.3, -0.25) is 14.9 Å². The molecule has 28 heavy (non-hydrogen) atoms. The van der Waals surface area contributed by atoms with Gasteiger partial charge in [-0.2, -0.15) is 0 Å². The quantitative estimate of drug-likeness (QED) is 0.534. The van der Waals surface area contributed by atoms with Crippen molar-refractivity contribution in [1.29, 1.82) is 0 Å². The predicted molar refractivity (Wildman–Crippen MR) is 113 cm³/mol. The molecule has 0 saturated carbocycles. The molecule has 2 aromatic rings. The second kappa shape index (κ2) is 8.61. The SMILES string of the molecule is CCc1ccc(C(=O)Nc2cc(N3CCCC[C@@H]3C)c([N+](=O)[O-])cc2Cl)cc1. The van der Waals surface area contributed by atoms with Crippen LogP contribution >= 0.6 is 11.6 Å². The van der Waals surface area contributed by atoms with Gasteiger partial charge in [0.15, 0.2) is 0 Å². The Hall–Kier alpha value is -2.60. The first-order chi connectivity index (χ1) is 13.4. The minimum atomic E-state index is -0.419. The summed E-state index contributed by atoms with van der Waals surface area (Å²) in [6, 6.07) is 10.5. The summed E-state index contributed by atoms with van der Waals surface area (Å²) in [6.45, 7) is 4.86. The Morgan fingerprint density at radius 3 is 2.61 bits per heavy atom. The van der Waals surface area contributed by atoms with Crippen molar-refractivity contribution >= 4 is 34.6 Å². The van der Waals surface area contributed by atoms with Crippen LogP contribution < -0.4 is 10.2 Å². The molecule has 0 aliphatic carbocycles. The van der Waals surface area contributed by atoms with Crippen molar-refractivity contribution < 1.29 is 9.72 Å². The Balaban J connectivity index is 1.93. The Morgan fingerprint density at radius 1 is 1.29 bits per heavy atom. The predicted octanol–water partition coefficient (Wildman–Crippen LogP) is 5.44. The molecular formula is C21H24ClN3O3. The van der Waals surface area contributed by atoms with Crippen LogP contribution in [-0.4, -0.2) is 23.4 Å². The van der Waals surface area contributed by atoms with E-state index in [0.29, 0.717) is 16.9 Å². The van der Waals surface area contributed by atoms with Gasteiger partial charge in [0.1, 0.15) is 5.69 Å². The van der Waals surface area contributed by atoms with Gasteiger partial charge in [-0.1, -0.05) is 30.7 Å². The average Bonchev–Trinajstić information content (AvgIpc) is 2.69. The van der Waals surface area contributed by atoms with Gasteiger partial charge in [-0.15, -0.1) is 0 Å². The number of anilines is 2. The molecule has 0 unspecified atom stereocenters. The van der Waals surface area contributed by atoms with Crippen LogP contribution in [0.2, 0.25) is 5.02 Å². The van der Waals surface area contributed by atoms with Crippen LogP contribution in [0.3, 0.4) is 0 Å². The summed E-state index contributed by atoms with van der Waals surface area (Å²) in [5, 5.41) is 14.5. The minimum Gasteiger partial charge on any atom is -0.363 e. The molecule has 0 aromatic heterocycles. The van der Waals surface area contributed by atoms with Gasteiger partial charge >= 0.3 is 0 Å². The molecule has 0 spiro atoms. The van der Waals surface area contributed by atoms with E-state index in [4.69, 9.17) is 11.6 Å². The fourth-order valence-electron chi connectivity index (χ4n) is 3.57. The molecule has 0 bridgehead atoms. The number of hydrogen-bond donors (Lipinski definition) is 1. The van der Waals surface area contributed by atoms with Gasteiger partial charge < -0.3 is 10.2 Å². The van der Waals surface area contributed by atoms with Crippen molar-refractivity contribution in [3.05, 3.63) is 62.7 Å². The smallest absolute Gasteiger partial charge is 0.294 e. The molecule has 1 aliphatic heterocycles. The number of nitrogens with zero attached hydrogens (tertiary/aromatic N) is 2. The van der Waals surface area contributed by atoms with Crippen LogP contribution in [0.15, 0.2) is 36.4 Å². The van der Waals surface area contributed by atoms with Crippen LogP contribution in [0.5, 0.6) is 0 Å². The molecule has 6 nitrogen and oxygen atoms in total. The number of rotatable bonds is 5. The van der Waals surface area contributed by atoms with E-state index in [1.165, 1.54) is 6.07 Å². The Morgan fingerprint density at radius 2 is 2.00 bits per heavy atom. The van der Waals surface area contributed by atoms with E-state index in [-0.39, 0.29) is 22.7 Å². The summed E-state index contributed by atoms with van der Waals surface area (Å²) in [6.07, 6.45) is 3.96. The normalized spacial score (nSPS) is 16.7. The zero-order chi connectivity index (χ0) is 20.3. The number of amides is 1. The third-order valence-electron chi connectivity index (χ3n) is 5.25. The maximum Gasteiger partial charge on any atom is 0.294 e. The van der Waals surface area contributed by atoms with E-state index in [2.05, 4.69) is 19.2 Å². The Kier molecular flexibility index (Phi) is 6.19. The number of carbonyl (C=O) groups is 1. The number of carbonyl (C=O) groups excluding carboxylic acids is 1.